The van der Waals surface area contributed by atoms with Crippen molar-refractivity contribution in [1.29, 1.82) is 0 Å². The van der Waals surface area contributed by atoms with E-state index in [-0.39, 0.29) is 5.91 Å². The average molecular weight is 359 g/mol. The molecule has 0 bridgehead atoms. The quantitative estimate of drug-likeness (QED) is 0.871. The van der Waals surface area contributed by atoms with Crippen LogP contribution >= 0.6 is 11.6 Å². The summed E-state index contributed by atoms with van der Waals surface area (Å²) in [6.45, 7) is 7.11. The summed E-state index contributed by atoms with van der Waals surface area (Å²) >= 11 is 6.41. The van der Waals surface area contributed by atoms with Crippen LogP contribution < -0.4 is 10.2 Å². The number of carbonyl (C=O) groups excluding carboxylic acids is 1. The molecule has 5 heteroatoms. The first-order valence-corrected chi connectivity index (χ1v) is 8.96. The number of rotatable bonds is 4. The number of hydrogen-bond acceptors (Lipinski definition) is 3. The summed E-state index contributed by atoms with van der Waals surface area (Å²) in [4.78, 5) is 14.8. The fraction of sp³-hybridized carbons (Fsp3) is 0.350. The van der Waals surface area contributed by atoms with E-state index in [2.05, 4.69) is 24.1 Å². The minimum atomic E-state index is -0.132. The average Bonchev–Trinajstić information content (AvgIpc) is 2.62. The van der Waals surface area contributed by atoms with Gasteiger partial charge in [-0.05, 0) is 35.7 Å². The number of carbonyl (C=O) groups is 1. The van der Waals surface area contributed by atoms with Crippen molar-refractivity contribution in [1.82, 2.24) is 0 Å². The smallest absolute Gasteiger partial charge is 0.255 e. The molecule has 1 saturated heterocycles. The minimum absolute atomic E-state index is 0.132. The van der Waals surface area contributed by atoms with Gasteiger partial charge < -0.3 is 15.0 Å². The predicted molar refractivity (Wildman–Crippen MR) is 103 cm³/mol. The largest absolute Gasteiger partial charge is 0.378 e. The van der Waals surface area contributed by atoms with E-state index in [1.165, 1.54) is 5.56 Å². The van der Waals surface area contributed by atoms with Gasteiger partial charge in [-0.1, -0.05) is 43.6 Å². The lowest BCUT2D eigenvalue weighted by Crippen LogP contribution is -2.37. The number of nitrogens with zero attached hydrogens (tertiary/aromatic N) is 1. The van der Waals surface area contributed by atoms with Gasteiger partial charge in [0.1, 0.15) is 0 Å². The summed E-state index contributed by atoms with van der Waals surface area (Å²) in [5, 5.41) is 3.64. The van der Waals surface area contributed by atoms with Crippen LogP contribution in [0.2, 0.25) is 5.02 Å². The van der Waals surface area contributed by atoms with Crippen LogP contribution in [-0.4, -0.2) is 32.2 Å². The lowest BCUT2D eigenvalue weighted by atomic mass is 10.0. The number of anilines is 2. The molecule has 0 unspecified atom stereocenters. The molecule has 0 aromatic heterocycles. The second-order valence-corrected chi connectivity index (χ2v) is 6.87. The number of nitrogens with one attached hydrogen (secondary N) is 1. The molecular formula is C20H23ClN2O2. The van der Waals surface area contributed by atoms with E-state index in [0.717, 1.165) is 24.5 Å². The fourth-order valence-electron chi connectivity index (χ4n) is 2.94. The Kier molecular flexibility index (Phi) is 5.61. The topological polar surface area (TPSA) is 41.6 Å². The number of hydrogen-bond donors (Lipinski definition) is 1. The Labute approximate surface area is 153 Å². The molecule has 1 aliphatic rings. The fourth-order valence-corrected chi connectivity index (χ4v) is 3.23. The maximum absolute atomic E-state index is 12.6. The highest BCUT2D eigenvalue weighted by Gasteiger charge is 2.19. The van der Waals surface area contributed by atoms with Crippen molar-refractivity contribution in [2.75, 3.05) is 36.5 Å². The van der Waals surface area contributed by atoms with E-state index in [4.69, 9.17) is 16.3 Å². The first-order valence-electron chi connectivity index (χ1n) is 8.59. The maximum Gasteiger partial charge on any atom is 0.255 e. The number of para-hydroxylation sites is 1. The number of halogens is 1. The molecule has 2 aromatic rings. The zero-order valence-corrected chi connectivity index (χ0v) is 15.3. The second kappa shape index (κ2) is 7.89. The predicted octanol–water partition coefficient (Wildman–Crippen LogP) is 4.55. The second-order valence-electron chi connectivity index (χ2n) is 6.47. The molecule has 1 heterocycles. The third-order valence-electron chi connectivity index (χ3n) is 4.40. The van der Waals surface area contributed by atoms with Crippen molar-refractivity contribution in [3.63, 3.8) is 0 Å². The number of ether oxygens (including phenoxy) is 1. The van der Waals surface area contributed by atoms with Crippen LogP contribution in [0, 0.1) is 0 Å². The van der Waals surface area contributed by atoms with Crippen LogP contribution in [0.15, 0.2) is 42.5 Å². The standard InChI is InChI=1S/C20H23ClN2O2/c1-14(2)15-6-8-16(9-7-15)20(24)22-18-5-3-4-17(21)19(18)23-10-12-25-13-11-23/h3-9,14H,10-13H2,1-2H3,(H,22,24). The molecular weight excluding hydrogens is 336 g/mol. The molecule has 0 radical (unpaired) electrons. The normalized spacial score (nSPS) is 14.6. The summed E-state index contributed by atoms with van der Waals surface area (Å²) in [5.74, 6) is 0.310. The Morgan fingerprint density at radius 2 is 1.80 bits per heavy atom. The number of morpholine rings is 1. The summed E-state index contributed by atoms with van der Waals surface area (Å²) in [6, 6.07) is 13.3. The lowest BCUT2D eigenvalue weighted by Gasteiger charge is -2.31. The molecule has 0 spiro atoms. The Morgan fingerprint density at radius 3 is 2.44 bits per heavy atom. The molecule has 4 nitrogen and oxygen atoms in total. The lowest BCUT2D eigenvalue weighted by molar-refractivity contribution is 0.102. The van der Waals surface area contributed by atoms with Gasteiger partial charge in [-0.2, -0.15) is 0 Å². The number of amides is 1. The molecule has 1 aliphatic heterocycles. The molecule has 3 rings (SSSR count). The molecule has 132 valence electrons. The van der Waals surface area contributed by atoms with Crippen LogP contribution in [0.25, 0.3) is 0 Å². The summed E-state index contributed by atoms with van der Waals surface area (Å²) < 4.78 is 5.41. The molecule has 0 aliphatic carbocycles. The Hall–Kier alpha value is -2.04. The van der Waals surface area contributed by atoms with Gasteiger partial charge >= 0.3 is 0 Å². The maximum atomic E-state index is 12.6. The molecule has 0 atom stereocenters. The highest BCUT2D eigenvalue weighted by molar-refractivity contribution is 6.34. The highest BCUT2D eigenvalue weighted by Crippen LogP contribution is 2.34. The van der Waals surface area contributed by atoms with Crippen molar-refractivity contribution in [3.05, 3.63) is 58.6 Å². The third-order valence-corrected chi connectivity index (χ3v) is 4.71. The van der Waals surface area contributed by atoms with Gasteiger partial charge in [0.15, 0.2) is 0 Å². The van der Waals surface area contributed by atoms with Gasteiger partial charge in [-0.15, -0.1) is 0 Å². The third kappa shape index (κ3) is 4.14. The van der Waals surface area contributed by atoms with Gasteiger partial charge in [0, 0.05) is 18.7 Å². The Bertz CT molecular complexity index is 738. The van der Waals surface area contributed by atoms with E-state index in [0.29, 0.717) is 29.7 Å². The molecule has 1 fully saturated rings. The number of benzene rings is 2. The van der Waals surface area contributed by atoms with Crippen LogP contribution in [0.4, 0.5) is 11.4 Å². The van der Waals surface area contributed by atoms with E-state index < -0.39 is 0 Å². The summed E-state index contributed by atoms with van der Waals surface area (Å²) in [5.41, 5.74) is 3.44. The van der Waals surface area contributed by atoms with Gasteiger partial charge in [0.2, 0.25) is 0 Å². The van der Waals surface area contributed by atoms with Gasteiger partial charge in [0.25, 0.3) is 5.91 Å². The molecule has 2 aromatic carbocycles. The van der Waals surface area contributed by atoms with Crippen LogP contribution in [0.1, 0.15) is 35.7 Å². The summed E-state index contributed by atoms with van der Waals surface area (Å²) in [7, 11) is 0. The van der Waals surface area contributed by atoms with Crippen molar-refractivity contribution in [2.45, 2.75) is 19.8 Å². The molecule has 0 saturated carbocycles. The zero-order valence-electron chi connectivity index (χ0n) is 14.6. The van der Waals surface area contributed by atoms with Crippen LogP contribution in [0.3, 0.4) is 0 Å². The van der Waals surface area contributed by atoms with Crippen molar-refractivity contribution in [3.8, 4) is 0 Å². The monoisotopic (exact) mass is 358 g/mol. The van der Waals surface area contributed by atoms with E-state index in [1.54, 1.807) is 0 Å². The molecule has 25 heavy (non-hydrogen) atoms. The van der Waals surface area contributed by atoms with Gasteiger partial charge in [-0.3, -0.25) is 4.79 Å². The van der Waals surface area contributed by atoms with Crippen molar-refractivity contribution < 1.29 is 9.53 Å². The molecule has 1 N–H and O–H groups in total. The first-order chi connectivity index (χ1) is 12.1. The van der Waals surface area contributed by atoms with E-state index >= 15 is 0 Å². The minimum Gasteiger partial charge on any atom is -0.378 e. The molecule has 1 amide bonds. The van der Waals surface area contributed by atoms with E-state index in [9.17, 15) is 4.79 Å². The highest BCUT2D eigenvalue weighted by atomic mass is 35.5. The van der Waals surface area contributed by atoms with Crippen LogP contribution in [-0.2, 0) is 4.74 Å². The van der Waals surface area contributed by atoms with Crippen molar-refractivity contribution in [2.24, 2.45) is 0 Å². The van der Waals surface area contributed by atoms with Gasteiger partial charge in [0.05, 0.1) is 29.6 Å². The van der Waals surface area contributed by atoms with Crippen molar-refractivity contribution >= 4 is 28.9 Å². The SMILES string of the molecule is CC(C)c1ccc(C(=O)Nc2cccc(Cl)c2N2CCOCC2)cc1. The van der Waals surface area contributed by atoms with Gasteiger partial charge in [-0.25, -0.2) is 0 Å². The Balaban J connectivity index is 1.82. The first kappa shape index (κ1) is 17.8. The van der Waals surface area contributed by atoms with Crippen LogP contribution in [0.5, 0.6) is 0 Å². The zero-order chi connectivity index (χ0) is 17.8. The summed E-state index contributed by atoms with van der Waals surface area (Å²) in [6.07, 6.45) is 0. The Morgan fingerprint density at radius 1 is 1.12 bits per heavy atom. The van der Waals surface area contributed by atoms with E-state index in [1.807, 2.05) is 42.5 Å².